The van der Waals surface area contributed by atoms with Gasteiger partial charge in [0.25, 0.3) is 5.91 Å². The number of rotatable bonds is 4. The summed E-state index contributed by atoms with van der Waals surface area (Å²) < 4.78 is 0. The second-order valence-electron chi connectivity index (χ2n) is 4.44. The molecular formula is C12H16N2O3S. The van der Waals surface area contributed by atoms with E-state index in [0.717, 1.165) is 17.8 Å². The number of hydrogen-bond acceptors (Lipinski definition) is 4. The molecule has 0 aliphatic carbocycles. The van der Waals surface area contributed by atoms with Gasteiger partial charge in [-0.3, -0.25) is 9.59 Å². The van der Waals surface area contributed by atoms with Crippen LogP contribution in [0.25, 0.3) is 0 Å². The molecule has 0 unspecified atom stereocenters. The molecule has 1 aliphatic heterocycles. The Labute approximate surface area is 109 Å². The monoisotopic (exact) mass is 268 g/mol. The molecule has 2 heterocycles. The molecule has 0 spiro atoms. The maximum atomic E-state index is 12.1. The first kappa shape index (κ1) is 13.0. The van der Waals surface area contributed by atoms with Crippen LogP contribution in [0.5, 0.6) is 0 Å². The Bertz CT molecular complexity index is 458. The molecule has 1 aliphatic rings. The van der Waals surface area contributed by atoms with Gasteiger partial charge in [-0.05, 0) is 19.3 Å². The van der Waals surface area contributed by atoms with Gasteiger partial charge in [-0.25, -0.2) is 4.98 Å². The summed E-state index contributed by atoms with van der Waals surface area (Å²) in [5, 5.41) is 9.88. The fourth-order valence-electron chi connectivity index (χ4n) is 2.04. The largest absolute Gasteiger partial charge is 0.481 e. The maximum absolute atomic E-state index is 12.1. The van der Waals surface area contributed by atoms with E-state index in [1.165, 1.54) is 11.3 Å². The van der Waals surface area contributed by atoms with Crippen LogP contribution >= 0.6 is 11.3 Å². The molecule has 1 aromatic rings. The van der Waals surface area contributed by atoms with Crippen LogP contribution in [0, 0.1) is 5.92 Å². The predicted molar refractivity (Wildman–Crippen MR) is 67.8 cm³/mol. The zero-order valence-corrected chi connectivity index (χ0v) is 11.1. The Balaban J connectivity index is 2.01. The van der Waals surface area contributed by atoms with Crippen molar-refractivity contribution in [2.24, 2.45) is 5.92 Å². The molecule has 6 heteroatoms. The normalized spacial score (nSPS) is 19.2. The van der Waals surface area contributed by atoms with Gasteiger partial charge in [0.1, 0.15) is 4.88 Å². The van der Waals surface area contributed by atoms with Crippen molar-refractivity contribution in [2.75, 3.05) is 13.1 Å². The number of nitrogens with zero attached hydrogens (tertiary/aromatic N) is 2. The van der Waals surface area contributed by atoms with E-state index in [1.54, 1.807) is 11.1 Å². The smallest absolute Gasteiger partial charge is 0.308 e. The lowest BCUT2D eigenvalue weighted by molar-refractivity contribution is -0.141. The molecule has 1 amide bonds. The van der Waals surface area contributed by atoms with E-state index in [0.29, 0.717) is 24.4 Å². The van der Waals surface area contributed by atoms with E-state index in [-0.39, 0.29) is 5.91 Å². The topological polar surface area (TPSA) is 70.5 Å². The van der Waals surface area contributed by atoms with E-state index in [1.807, 2.05) is 0 Å². The number of aryl methyl sites for hydroxylation is 1. The summed E-state index contributed by atoms with van der Waals surface area (Å²) in [6, 6.07) is 0. The molecular weight excluding hydrogens is 252 g/mol. The van der Waals surface area contributed by atoms with Gasteiger partial charge in [-0.2, -0.15) is 0 Å². The van der Waals surface area contributed by atoms with Gasteiger partial charge in [-0.1, -0.05) is 6.92 Å². The van der Waals surface area contributed by atoms with Crippen molar-refractivity contribution >= 4 is 23.2 Å². The molecule has 2 rings (SSSR count). The number of carbonyl (C=O) groups excluding carboxylic acids is 1. The molecule has 0 saturated carbocycles. The molecule has 1 N–H and O–H groups in total. The molecule has 0 aromatic carbocycles. The van der Waals surface area contributed by atoms with Gasteiger partial charge in [0.15, 0.2) is 0 Å². The third-order valence-electron chi connectivity index (χ3n) is 3.05. The minimum atomic E-state index is -0.818. The SMILES string of the molecule is CCCc1ncc(C(=O)N2CC[C@H](C(=O)O)C2)s1. The Morgan fingerprint density at radius 3 is 3.00 bits per heavy atom. The van der Waals surface area contributed by atoms with Crippen LogP contribution in [-0.4, -0.2) is 40.0 Å². The van der Waals surface area contributed by atoms with Gasteiger partial charge in [-0.15, -0.1) is 11.3 Å². The van der Waals surface area contributed by atoms with Crippen molar-refractivity contribution in [3.63, 3.8) is 0 Å². The summed E-state index contributed by atoms with van der Waals surface area (Å²) in [4.78, 5) is 29.4. The molecule has 1 atom stereocenters. The molecule has 1 saturated heterocycles. The number of thiazole rings is 1. The van der Waals surface area contributed by atoms with Crippen molar-refractivity contribution < 1.29 is 14.7 Å². The van der Waals surface area contributed by atoms with Crippen LogP contribution in [0.3, 0.4) is 0 Å². The second-order valence-corrected chi connectivity index (χ2v) is 5.56. The van der Waals surface area contributed by atoms with Crippen LogP contribution in [0.15, 0.2) is 6.20 Å². The Hall–Kier alpha value is -1.43. The highest BCUT2D eigenvalue weighted by atomic mass is 32.1. The highest BCUT2D eigenvalue weighted by Crippen LogP contribution is 2.22. The van der Waals surface area contributed by atoms with E-state index in [2.05, 4.69) is 11.9 Å². The average molecular weight is 268 g/mol. The number of carbonyl (C=O) groups is 2. The van der Waals surface area contributed by atoms with E-state index in [4.69, 9.17) is 5.11 Å². The van der Waals surface area contributed by atoms with Crippen LogP contribution in [0.1, 0.15) is 34.4 Å². The Kier molecular flexibility index (Phi) is 3.96. The number of likely N-dealkylation sites (tertiary alicyclic amines) is 1. The average Bonchev–Trinajstić information content (AvgIpc) is 2.97. The standard InChI is InChI=1S/C12H16N2O3S/c1-2-3-10-13-6-9(18-10)11(15)14-5-4-8(7-14)12(16)17/h6,8H,2-5,7H2,1H3,(H,16,17)/t8-/m0/s1. The van der Waals surface area contributed by atoms with Gasteiger partial charge in [0, 0.05) is 13.1 Å². The number of carboxylic acid groups (broad SMARTS) is 1. The molecule has 0 radical (unpaired) electrons. The highest BCUT2D eigenvalue weighted by molar-refractivity contribution is 7.13. The van der Waals surface area contributed by atoms with Crippen molar-refractivity contribution in [3.05, 3.63) is 16.1 Å². The zero-order valence-electron chi connectivity index (χ0n) is 10.3. The quantitative estimate of drug-likeness (QED) is 0.901. The maximum Gasteiger partial charge on any atom is 0.308 e. The summed E-state index contributed by atoms with van der Waals surface area (Å²) >= 11 is 1.41. The number of carboxylic acids is 1. The van der Waals surface area contributed by atoms with E-state index >= 15 is 0 Å². The third kappa shape index (κ3) is 2.69. The van der Waals surface area contributed by atoms with Gasteiger partial charge >= 0.3 is 5.97 Å². The first-order valence-corrected chi connectivity index (χ1v) is 6.90. The molecule has 18 heavy (non-hydrogen) atoms. The fraction of sp³-hybridized carbons (Fsp3) is 0.583. The van der Waals surface area contributed by atoms with Crippen molar-refractivity contribution in [2.45, 2.75) is 26.2 Å². The van der Waals surface area contributed by atoms with E-state index in [9.17, 15) is 9.59 Å². The lowest BCUT2D eigenvalue weighted by atomic mass is 10.1. The number of aliphatic carboxylic acids is 1. The van der Waals surface area contributed by atoms with Crippen molar-refractivity contribution in [1.29, 1.82) is 0 Å². The molecule has 1 aromatic heterocycles. The Morgan fingerprint density at radius 2 is 2.39 bits per heavy atom. The van der Waals surface area contributed by atoms with Crippen LogP contribution < -0.4 is 0 Å². The summed E-state index contributed by atoms with van der Waals surface area (Å²) in [6.45, 7) is 2.91. The van der Waals surface area contributed by atoms with Gasteiger partial charge < -0.3 is 10.0 Å². The van der Waals surface area contributed by atoms with Crippen molar-refractivity contribution in [3.8, 4) is 0 Å². The minimum absolute atomic E-state index is 0.0846. The molecule has 5 nitrogen and oxygen atoms in total. The van der Waals surface area contributed by atoms with Crippen LogP contribution in [0.4, 0.5) is 0 Å². The summed E-state index contributed by atoms with van der Waals surface area (Å²) in [7, 11) is 0. The summed E-state index contributed by atoms with van der Waals surface area (Å²) in [6.07, 6.45) is 4.04. The van der Waals surface area contributed by atoms with Gasteiger partial charge in [0.2, 0.25) is 0 Å². The number of aromatic nitrogens is 1. The number of amides is 1. The van der Waals surface area contributed by atoms with Crippen LogP contribution in [0.2, 0.25) is 0 Å². The minimum Gasteiger partial charge on any atom is -0.481 e. The van der Waals surface area contributed by atoms with E-state index < -0.39 is 11.9 Å². The predicted octanol–water partition coefficient (Wildman–Crippen LogP) is 1.64. The lowest BCUT2D eigenvalue weighted by Crippen LogP contribution is -2.29. The first-order chi connectivity index (χ1) is 8.61. The third-order valence-corrected chi connectivity index (χ3v) is 4.10. The molecule has 1 fully saturated rings. The Morgan fingerprint density at radius 1 is 1.61 bits per heavy atom. The first-order valence-electron chi connectivity index (χ1n) is 6.08. The highest BCUT2D eigenvalue weighted by Gasteiger charge is 2.31. The van der Waals surface area contributed by atoms with Crippen molar-refractivity contribution in [1.82, 2.24) is 9.88 Å². The molecule has 98 valence electrons. The lowest BCUT2D eigenvalue weighted by Gasteiger charge is -2.13. The summed E-state index contributed by atoms with van der Waals surface area (Å²) in [5.41, 5.74) is 0. The molecule has 0 bridgehead atoms. The zero-order chi connectivity index (χ0) is 13.1. The number of hydrogen-bond donors (Lipinski definition) is 1. The van der Waals surface area contributed by atoms with Gasteiger partial charge in [0.05, 0.1) is 17.1 Å². The second kappa shape index (κ2) is 5.48. The fourth-order valence-corrected chi connectivity index (χ4v) is 3.03. The summed E-state index contributed by atoms with van der Waals surface area (Å²) in [5.74, 6) is -1.32. The van der Waals surface area contributed by atoms with Crippen LogP contribution in [-0.2, 0) is 11.2 Å².